The van der Waals surface area contributed by atoms with Crippen LogP contribution in [0.3, 0.4) is 0 Å². The van der Waals surface area contributed by atoms with Gasteiger partial charge in [0.25, 0.3) is 0 Å². The molecule has 0 fully saturated rings. The second-order valence-corrected chi connectivity index (χ2v) is 3.98. The highest BCUT2D eigenvalue weighted by atomic mass is 35.5. The van der Waals surface area contributed by atoms with E-state index in [1.807, 2.05) is 23.6 Å². The Morgan fingerprint density at radius 1 is 1.18 bits per heavy atom. The molecule has 3 heteroatoms. The number of hydrogen-bond donors (Lipinski definition) is 0. The van der Waals surface area contributed by atoms with Crippen molar-refractivity contribution in [3.8, 4) is 0 Å². The molecular formula is C8H4Cl2S. The molecule has 0 bridgehead atoms. The van der Waals surface area contributed by atoms with Gasteiger partial charge in [0.1, 0.15) is 0 Å². The molecule has 0 saturated heterocycles. The predicted octanol–water partition coefficient (Wildman–Crippen LogP) is 4.21. The van der Waals surface area contributed by atoms with Crippen LogP contribution < -0.4 is 0 Å². The van der Waals surface area contributed by atoms with Crippen molar-refractivity contribution >= 4 is 44.6 Å². The highest BCUT2D eigenvalue weighted by Crippen LogP contribution is 2.31. The van der Waals surface area contributed by atoms with Gasteiger partial charge >= 0.3 is 0 Å². The van der Waals surface area contributed by atoms with Gasteiger partial charge in [0.15, 0.2) is 0 Å². The molecule has 0 radical (unpaired) electrons. The molecule has 0 aliphatic carbocycles. The van der Waals surface area contributed by atoms with E-state index in [0.29, 0.717) is 0 Å². The minimum Gasteiger partial charge on any atom is -0.142 e. The van der Waals surface area contributed by atoms with Crippen LogP contribution in [0.4, 0.5) is 0 Å². The summed E-state index contributed by atoms with van der Waals surface area (Å²) in [7, 11) is 0. The van der Waals surface area contributed by atoms with Crippen molar-refractivity contribution in [2.24, 2.45) is 0 Å². The summed E-state index contributed by atoms with van der Waals surface area (Å²) in [6.45, 7) is 0. The lowest BCUT2D eigenvalue weighted by Crippen LogP contribution is -1.63. The van der Waals surface area contributed by atoms with E-state index in [1.54, 1.807) is 11.3 Å². The first-order valence-corrected chi connectivity index (χ1v) is 4.73. The van der Waals surface area contributed by atoms with Crippen molar-refractivity contribution in [3.63, 3.8) is 0 Å². The first-order valence-electron chi connectivity index (χ1n) is 3.09. The maximum atomic E-state index is 5.89. The monoisotopic (exact) mass is 202 g/mol. The molecule has 0 saturated carbocycles. The van der Waals surface area contributed by atoms with Gasteiger partial charge in [-0.1, -0.05) is 29.3 Å². The normalized spacial score (nSPS) is 10.7. The molecule has 2 rings (SSSR count). The number of halogens is 2. The van der Waals surface area contributed by atoms with Crippen LogP contribution in [0, 0.1) is 0 Å². The molecule has 0 nitrogen and oxygen atoms in total. The first-order chi connectivity index (χ1) is 5.27. The smallest absolute Gasteiger partial charge is 0.0591 e. The highest BCUT2D eigenvalue weighted by molar-refractivity contribution is 7.17. The van der Waals surface area contributed by atoms with Crippen molar-refractivity contribution < 1.29 is 0 Å². The van der Waals surface area contributed by atoms with Crippen molar-refractivity contribution in [2.45, 2.75) is 0 Å². The van der Waals surface area contributed by atoms with Crippen LogP contribution in [0.15, 0.2) is 23.6 Å². The first kappa shape index (κ1) is 7.41. The Morgan fingerprint density at radius 3 is 2.82 bits per heavy atom. The largest absolute Gasteiger partial charge is 0.142 e. The van der Waals surface area contributed by atoms with Crippen LogP contribution in [0.25, 0.3) is 10.1 Å². The number of thiophene rings is 1. The van der Waals surface area contributed by atoms with E-state index in [9.17, 15) is 0 Å². The van der Waals surface area contributed by atoms with Gasteiger partial charge in [0.05, 0.1) is 5.02 Å². The zero-order valence-corrected chi connectivity index (χ0v) is 7.80. The van der Waals surface area contributed by atoms with Gasteiger partial charge in [0, 0.05) is 20.5 Å². The Balaban J connectivity index is 2.86. The molecule has 1 aromatic carbocycles. The average Bonchev–Trinajstić information content (AvgIpc) is 2.32. The third-order valence-electron chi connectivity index (χ3n) is 1.49. The second kappa shape index (κ2) is 2.67. The highest BCUT2D eigenvalue weighted by Gasteiger charge is 2.00. The van der Waals surface area contributed by atoms with E-state index in [0.717, 1.165) is 20.1 Å². The van der Waals surface area contributed by atoms with Crippen molar-refractivity contribution in [2.75, 3.05) is 0 Å². The Kier molecular flexibility index (Phi) is 1.80. The number of fused-ring (bicyclic) bond motifs is 1. The molecule has 0 aliphatic heterocycles. The van der Waals surface area contributed by atoms with Crippen LogP contribution in [-0.4, -0.2) is 0 Å². The minimum absolute atomic E-state index is 0.760. The molecule has 56 valence electrons. The summed E-state index contributed by atoms with van der Waals surface area (Å²) in [5.41, 5.74) is 0. The molecule has 2 aromatic rings. The zero-order valence-electron chi connectivity index (χ0n) is 5.47. The lowest BCUT2D eigenvalue weighted by Gasteiger charge is -1.89. The third-order valence-corrected chi connectivity index (χ3v) is 3.11. The Bertz CT molecular complexity index is 392. The summed E-state index contributed by atoms with van der Waals surface area (Å²) in [4.78, 5) is 0. The lowest BCUT2D eigenvalue weighted by molar-refractivity contribution is 1.85. The van der Waals surface area contributed by atoms with Gasteiger partial charge in [-0.05, 0) is 12.1 Å². The molecule has 0 amide bonds. The van der Waals surface area contributed by atoms with Crippen LogP contribution in [0.5, 0.6) is 0 Å². The fourth-order valence-corrected chi connectivity index (χ4v) is 2.42. The molecule has 0 N–H and O–H groups in total. The van der Waals surface area contributed by atoms with E-state index in [4.69, 9.17) is 23.2 Å². The molecule has 0 unspecified atom stereocenters. The van der Waals surface area contributed by atoms with Crippen molar-refractivity contribution in [3.05, 3.63) is 33.6 Å². The van der Waals surface area contributed by atoms with Crippen LogP contribution in [0.1, 0.15) is 0 Å². The Hall–Kier alpha value is -0.240. The van der Waals surface area contributed by atoms with Gasteiger partial charge in [-0.15, -0.1) is 11.3 Å². The van der Waals surface area contributed by atoms with Gasteiger partial charge in [-0.3, -0.25) is 0 Å². The van der Waals surface area contributed by atoms with Gasteiger partial charge in [-0.2, -0.15) is 0 Å². The zero-order chi connectivity index (χ0) is 7.84. The quantitative estimate of drug-likeness (QED) is 0.601. The Morgan fingerprint density at radius 2 is 2.00 bits per heavy atom. The minimum atomic E-state index is 0.760. The third kappa shape index (κ3) is 1.24. The maximum Gasteiger partial charge on any atom is 0.0591 e. The second-order valence-electron chi connectivity index (χ2n) is 2.22. The molecule has 1 heterocycles. The molecule has 0 spiro atoms. The van der Waals surface area contributed by atoms with Crippen LogP contribution >= 0.6 is 34.5 Å². The number of benzene rings is 1. The molecule has 1 aromatic heterocycles. The van der Waals surface area contributed by atoms with E-state index >= 15 is 0 Å². The standard InChI is InChI=1S/C8H4Cl2S/c9-5-1-2-6-7(10)4-11-8(6)3-5/h1-4H. The van der Waals surface area contributed by atoms with E-state index in [-0.39, 0.29) is 0 Å². The van der Waals surface area contributed by atoms with Gasteiger partial charge < -0.3 is 0 Å². The fourth-order valence-electron chi connectivity index (χ4n) is 0.970. The van der Waals surface area contributed by atoms with E-state index < -0.39 is 0 Å². The summed E-state index contributed by atoms with van der Waals surface area (Å²) in [6, 6.07) is 5.71. The number of hydrogen-bond acceptors (Lipinski definition) is 1. The summed E-state index contributed by atoms with van der Waals surface area (Å²) in [6.07, 6.45) is 0. The van der Waals surface area contributed by atoms with Crippen LogP contribution in [0.2, 0.25) is 10.0 Å². The van der Waals surface area contributed by atoms with Gasteiger partial charge in [-0.25, -0.2) is 0 Å². The predicted molar refractivity (Wildman–Crippen MR) is 51.8 cm³/mol. The maximum absolute atomic E-state index is 5.89. The van der Waals surface area contributed by atoms with Crippen molar-refractivity contribution in [1.82, 2.24) is 0 Å². The summed E-state index contributed by atoms with van der Waals surface area (Å²) in [5, 5.41) is 4.57. The van der Waals surface area contributed by atoms with Gasteiger partial charge in [0.2, 0.25) is 0 Å². The molecule has 0 aliphatic rings. The summed E-state index contributed by atoms with van der Waals surface area (Å²) >= 11 is 13.3. The van der Waals surface area contributed by atoms with Crippen molar-refractivity contribution in [1.29, 1.82) is 0 Å². The average molecular weight is 203 g/mol. The lowest BCUT2D eigenvalue weighted by atomic mass is 10.3. The summed E-state index contributed by atoms with van der Waals surface area (Å²) < 4.78 is 1.14. The molecule has 0 atom stereocenters. The molecular weight excluding hydrogens is 199 g/mol. The fraction of sp³-hybridized carbons (Fsp3) is 0. The SMILES string of the molecule is Clc1ccc2c(Cl)csc2c1. The molecule has 11 heavy (non-hydrogen) atoms. The van der Waals surface area contributed by atoms with E-state index in [1.165, 1.54) is 0 Å². The number of rotatable bonds is 0. The van der Waals surface area contributed by atoms with Crippen LogP contribution in [-0.2, 0) is 0 Å². The van der Waals surface area contributed by atoms with E-state index in [2.05, 4.69) is 0 Å². The topological polar surface area (TPSA) is 0 Å². The Labute approximate surface area is 78.4 Å². The summed E-state index contributed by atoms with van der Waals surface area (Å²) in [5.74, 6) is 0.